The number of hydrogen-bond acceptors (Lipinski definition) is 7. The zero-order valence-electron chi connectivity index (χ0n) is 18.1. The maximum Gasteiger partial charge on any atom is 0.234 e. The number of amides is 1. The van der Waals surface area contributed by atoms with Crippen molar-refractivity contribution in [3.05, 3.63) is 47.6 Å². The minimum Gasteiger partial charge on any atom is -0.379 e. The van der Waals surface area contributed by atoms with Gasteiger partial charge in [-0.2, -0.15) is 4.98 Å². The Bertz CT molecular complexity index is 898. The molecule has 1 amide bonds. The van der Waals surface area contributed by atoms with E-state index in [9.17, 15) is 4.79 Å². The Kier molecular flexibility index (Phi) is 5.77. The average Bonchev–Trinajstić information content (AvgIpc) is 3.42. The van der Waals surface area contributed by atoms with Crippen molar-refractivity contribution < 1.29 is 14.1 Å². The molecule has 1 aromatic carbocycles. The molecule has 166 valence electrons. The summed E-state index contributed by atoms with van der Waals surface area (Å²) >= 11 is 0. The third-order valence-corrected chi connectivity index (χ3v) is 6.98. The van der Waals surface area contributed by atoms with Crippen LogP contribution in [0.3, 0.4) is 0 Å². The van der Waals surface area contributed by atoms with Crippen LogP contribution in [0, 0.1) is 12.8 Å². The molecular weight excluding hydrogens is 394 g/mol. The van der Waals surface area contributed by atoms with Crippen LogP contribution in [-0.4, -0.2) is 77.8 Å². The molecule has 8 nitrogen and oxygen atoms in total. The number of aromatic nitrogens is 2. The molecule has 5 rings (SSSR count). The molecule has 2 aliphatic heterocycles. The quantitative estimate of drug-likeness (QED) is 0.748. The molecule has 8 heteroatoms. The highest BCUT2D eigenvalue weighted by molar-refractivity contribution is 5.78. The first kappa shape index (κ1) is 20.6. The predicted octanol–water partition coefficient (Wildman–Crippen LogP) is 1.36. The third kappa shape index (κ3) is 4.37. The molecule has 2 aromatic rings. The average molecular weight is 426 g/mol. The van der Waals surface area contributed by atoms with Crippen LogP contribution in [0.2, 0.25) is 0 Å². The lowest BCUT2D eigenvalue weighted by Gasteiger charge is -2.27. The number of morpholine rings is 1. The minimum atomic E-state index is -0.188. The van der Waals surface area contributed by atoms with E-state index >= 15 is 0 Å². The Morgan fingerprint density at radius 2 is 2.03 bits per heavy atom. The molecule has 0 bridgehead atoms. The van der Waals surface area contributed by atoms with Crippen molar-refractivity contribution in [3.63, 3.8) is 0 Å². The first-order valence-electron chi connectivity index (χ1n) is 11.3. The fourth-order valence-electron chi connectivity index (χ4n) is 5.61. The summed E-state index contributed by atoms with van der Waals surface area (Å²) in [6.45, 7) is 8.13. The molecule has 3 atom stereocenters. The monoisotopic (exact) mass is 425 g/mol. The Hall–Kier alpha value is -2.29. The molecule has 0 unspecified atom stereocenters. The molecule has 1 saturated carbocycles. The first-order valence-corrected chi connectivity index (χ1v) is 11.3. The highest BCUT2D eigenvalue weighted by Crippen LogP contribution is 2.50. The molecule has 3 aliphatic rings. The van der Waals surface area contributed by atoms with Gasteiger partial charge >= 0.3 is 0 Å². The minimum absolute atomic E-state index is 0.102. The second-order valence-corrected chi connectivity index (χ2v) is 9.25. The van der Waals surface area contributed by atoms with E-state index in [0.717, 1.165) is 51.5 Å². The van der Waals surface area contributed by atoms with Gasteiger partial charge in [-0.3, -0.25) is 14.6 Å². The number of carbonyl (C=O) groups excluding carboxylic acids is 1. The van der Waals surface area contributed by atoms with Gasteiger partial charge in [0.05, 0.1) is 25.2 Å². The molecule has 1 aromatic heterocycles. The van der Waals surface area contributed by atoms with E-state index in [0.29, 0.717) is 31.5 Å². The van der Waals surface area contributed by atoms with Gasteiger partial charge < -0.3 is 14.6 Å². The van der Waals surface area contributed by atoms with Crippen molar-refractivity contribution in [2.45, 2.75) is 37.8 Å². The van der Waals surface area contributed by atoms with Gasteiger partial charge in [-0.15, -0.1) is 0 Å². The van der Waals surface area contributed by atoms with Crippen molar-refractivity contribution in [2.75, 3.05) is 45.9 Å². The van der Waals surface area contributed by atoms with Gasteiger partial charge in [0.2, 0.25) is 11.8 Å². The number of carbonyl (C=O) groups is 1. The third-order valence-electron chi connectivity index (χ3n) is 6.98. The summed E-state index contributed by atoms with van der Waals surface area (Å²) in [4.78, 5) is 22.0. The zero-order valence-corrected chi connectivity index (χ0v) is 18.1. The van der Waals surface area contributed by atoms with Crippen molar-refractivity contribution in [1.29, 1.82) is 0 Å². The molecule has 0 radical (unpaired) electrons. The summed E-state index contributed by atoms with van der Waals surface area (Å²) < 4.78 is 11.1. The Morgan fingerprint density at radius 1 is 1.23 bits per heavy atom. The van der Waals surface area contributed by atoms with Gasteiger partial charge in [-0.1, -0.05) is 35.5 Å². The van der Waals surface area contributed by atoms with Gasteiger partial charge in [0.25, 0.3) is 0 Å². The van der Waals surface area contributed by atoms with Crippen LogP contribution in [0.1, 0.15) is 30.1 Å². The van der Waals surface area contributed by atoms with E-state index in [-0.39, 0.29) is 17.4 Å². The number of fused-ring (bicyclic) bond motifs is 1. The number of hydrogen-bond donors (Lipinski definition) is 1. The summed E-state index contributed by atoms with van der Waals surface area (Å²) in [6, 6.07) is 10.7. The molecule has 1 aliphatic carbocycles. The summed E-state index contributed by atoms with van der Waals surface area (Å²) in [5.41, 5.74) is 1.13. The number of rotatable bonds is 6. The molecule has 3 fully saturated rings. The highest BCUT2D eigenvalue weighted by atomic mass is 16.5. The number of ether oxygens (including phenoxy) is 1. The van der Waals surface area contributed by atoms with Crippen LogP contribution in [0.15, 0.2) is 34.9 Å². The molecule has 3 heterocycles. The van der Waals surface area contributed by atoms with Crippen LogP contribution in [-0.2, 0) is 21.5 Å². The fourth-order valence-corrected chi connectivity index (χ4v) is 5.61. The lowest BCUT2D eigenvalue weighted by Crippen LogP contribution is -2.46. The summed E-state index contributed by atoms with van der Waals surface area (Å²) in [7, 11) is 0. The van der Waals surface area contributed by atoms with Crippen LogP contribution in [0.5, 0.6) is 0 Å². The van der Waals surface area contributed by atoms with E-state index in [4.69, 9.17) is 9.26 Å². The predicted molar refractivity (Wildman–Crippen MR) is 114 cm³/mol. The van der Waals surface area contributed by atoms with E-state index in [1.54, 1.807) is 0 Å². The van der Waals surface area contributed by atoms with Gasteiger partial charge in [0.15, 0.2) is 5.82 Å². The Labute approximate surface area is 182 Å². The van der Waals surface area contributed by atoms with Crippen molar-refractivity contribution in [3.8, 4) is 0 Å². The van der Waals surface area contributed by atoms with E-state index in [2.05, 4.69) is 55.6 Å². The smallest absolute Gasteiger partial charge is 0.234 e. The first-order chi connectivity index (χ1) is 15.1. The Morgan fingerprint density at radius 3 is 2.77 bits per heavy atom. The summed E-state index contributed by atoms with van der Waals surface area (Å²) in [5, 5.41) is 7.37. The number of likely N-dealkylation sites (tertiary alicyclic amines) is 1. The normalized spacial score (nSPS) is 29.2. The van der Waals surface area contributed by atoms with Crippen LogP contribution in [0.4, 0.5) is 0 Å². The fraction of sp³-hybridized carbons (Fsp3) is 0.609. The van der Waals surface area contributed by atoms with Crippen molar-refractivity contribution in [2.24, 2.45) is 5.92 Å². The van der Waals surface area contributed by atoms with Gasteiger partial charge in [-0.05, 0) is 31.2 Å². The maximum atomic E-state index is 12.7. The van der Waals surface area contributed by atoms with Crippen molar-refractivity contribution >= 4 is 5.91 Å². The van der Waals surface area contributed by atoms with E-state index in [1.807, 2.05) is 6.92 Å². The number of nitrogens with zero attached hydrogens (tertiary/aromatic N) is 4. The van der Waals surface area contributed by atoms with Crippen LogP contribution in [0.25, 0.3) is 0 Å². The van der Waals surface area contributed by atoms with Gasteiger partial charge in [0, 0.05) is 38.8 Å². The molecule has 31 heavy (non-hydrogen) atoms. The molecule has 2 saturated heterocycles. The number of nitrogens with one attached hydrogen (secondary N) is 1. The van der Waals surface area contributed by atoms with E-state index < -0.39 is 0 Å². The topological polar surface area (TPSA) is 83.7 Å². The molecule has 0 spiro atoms. The largest absolute Gasteiger partial charge is 0.379 e. The number of aryl methyl sites for hydroxylation is 1. The lowest BCUT2D eigenvalue weighted by molar-refractivity contribution is -0.124. The number of benzene rings is 1. The Balaban J connectivity index is 1.27. The maximum absolute atomic E-state index is 12.7. The highest BCUT2D eigenvalue weighted by Gasteiger charge is 2.57. The van der Waals surface area contributed by atoms with Crippen molar-refractivity contribution in [1.82, 2.24) is 25.3 Å². The van der Waals surface area contributed by atoms with Gasteiger partial charge in [-0.25, -0.2) is 0 Å². The second kappa shape index (κ2) is 8.68. The SMILES string of the molecule is Cc1noc([C@]23C[C@H](NC(=O)CN4CCOCC4)C[C@H]2CN(Cc2ccccc2)C3)n1. The van der Waals surface area contributed by atoms with E-state index in [1.165, 1.54) is 5.56 Å². The lowest BCUT2D eigenvalue weighted by atomic mass is 9.80. The van der Waals surface area contributed by atoms with Gasteiger partial charge in [0.1, 0.15) is 0 Å². The standard InChI is InChI=1S/C23H31N5O3/c1-17-24-22(31-26-17)23-12-20(25-21(29)15-27-7-9-30-10-8-27)11-19(23)14-28(16-23)13-18-5-3-2-4-6-18/h2-6,19-20H,7-16H2,1H3,(H,25,29)/t19-,20+,23-/m0/s1. The summed E-state index contributed by atoms with van der Waals surface area (Å²) in [5.74, 6) is 1.90. The van der Waals surface area contributed by atoms with Crippen LogP contribution >= 0.6 is 0 Å². The molecule has 1 N–H and O–H groups in total. The van der Waals surface area contributed by atoms with Crippen LogP contribution < -0.4 is 5.32 Å². The second-order valence-electron chi connectivity index (χ2n) is 9.25. The summed E-state index contributed by atoms with van der Waals surface area (Å²) in [6.07, 6.45) is 1.79. The molecular formula is C23H31N5O3. The zero-order chi connectivity index (χ0) is 21.3.